The van der Waals surface area contributed by atoms with Crippen LogP contribution in [0.4, 0.5) is 0 Å². The largest absolute Gasteiger partial charge is 0.378 e. The van der Waals surface area contributed by atoms with E-state index in [-0.39, 0.29) is 0 Å². The van der Waals surface area contributed by atoms with Gasteiger partial charge in [0.15, 0.2) is 0 Å². The van der Waals surface area contributed by atoms with Crippen LogP contribution in [0.25, 0.3) is 0 Å². The maximum atomic E-state index is 8.61. The van der Waals surface area contributed by atoms with Gasteiger partial charge in [0.25, 0.3) is 0 Å². The molecule has 9 heavy (non-hydrogen) atoms. The molecule has 0 saturated carbocycles. The van der Waals surface area contributed by atoms with Gasteiger partial charge in [-0.25, -0.2) is 0 Å². The summed E-state index contributed by atoms with van der Waals surface area (Å²) in [6, 6.07) is 0. The first kappa shape index (κ1) is 9.21. The molecule has 1 atom stereocenters. The Hall–Kier alpha value is 0.210. The van der Waals surface area contributed by atoms with Gasteiger partial charge in [0.2, 0.25) is 0 Å². The fourth-order valence-corrected chi connectivity index (χ4v) is 0.730. The Balaban J connectivity index is 2.91. The first-order valence-corrected chi connectivity index (χ1v) is 3.53. The van der Waals surface area contributed by atoms with Crippen LogP contribution in [-0.4, -0.2) is 36.2 Å². The van der Waals surface area contributed by atoms with E-state index >= 15 is 0 Å². The smallest absolute Gasteiger partial charge is 0.128 e. The Morgan fingerprint density at radius 2 is 2.11 bits per heavy atom. The van der Waals surface area contributed by atoms with Crippen LogP contribution in [0.3, 0.4) is 0 Å². The van der Waals surface area contributed by atoms with E-state index in [2.05, 4.69) is 4.90 Å². The third-order valence-corrected chi connectivity index (χ3v) is 1.27. The van der Waals surface area contributed by atoms with Crippen molar-refractivity contribution in [2.24, 2.45) is 0 Å². The molecule has 0 aliphatic rings. The molecule has 0 aromatic rings. The molecule has 0 aromatic carbocycles. The van der Waals surface area contributed by atoms with E-state index in [4.69, 9.17) is 16.7 Å². The third kappa shape index (κ3) is 8.21. The summed E-state index contributed by atoms with van der Waals surface area (Å²) in [4.78, 5) is 2.07. The zero-order chi connectivity index (χ0) is 7.28. The second-order valence-electron chi connectivity index (χ2n) is 2.38. The van der Waals surface area contributed by atoms with Crippen molar-refractivity contribution < 1.29 is 5.11 Å². The molecule has 0 saturated heterocycles. The predicted molar refractivity (Wildman–Crippen MR) is 39.6 cm³/mol. The SMILES string of the molecule is CN(C)CCC[C@H](O)Cl. The van der Waals surface area contributed by atoms with Gasteiger partial charge in [-0.3, -0.25) is 0 Å². The zero-order valence-corrected chi connectivity index (χ0v) is 6.73. The molecule has 3 heteroatoms. The van der Waals surface area contributed by atoms with E-state index in [0.29, 0.717) is 6.42 Å². The van der Waals surface area contributed by atoms with Crippen LogP contribution >= 0.6 is 11.6 Å². The van der Waals surface area contributed by atoms with E-state index in [1.54, 1.807) is 0 Å². The molecule has 0 fully saturated rings. The van der Waals surface area contributed by atoms with Crippen molar-refractivity contribution in [3.05, 3.63) is 0 Å². The summed E-state index contributed by atoms with van der Waals surface area (Å²) >= 11 is 5.30. The van der Waals surface area contributed by atoms with E-state index in [1.807, 2.05) is 14.1 Å². The number of alkyl halides is 1. The molecule has 0 radical (unpaired) electrons. The summed E-state index contributed by atoms with van der Waals surface area (Å²) in [7, 11) is 4.00. The lowest BCUT2D eigenvalue weighted by Gasteiger charge is -2.08. The van der Waals surface area contributed by atoms with Crippen LogP contribution in [0.15, 0.2) is 0 Å². The van der Waals surface area contributed by atoms with E-state index in [0.717, 1.165) is 13.0 Å². The average Bonchev–Trinajstić information content (AvgIpc) is 1.63. The van der Waals surface area contributed by atoms with Crippen LogP contribution in [0.1, 0.15) is 12.8 Å². The van der Waals surface area contributed by atoms with Crippen LogP contribution < -0.4 is 0 Å². The van der Waals surface area contributed by atoms with Crippen molar-refractivity contribution in [2.75, 3.05) is 20.6 Å². The molecule has 0 aromatic heterocycles. The quantitative estimate of drug-likeness (QED) is 0.604. The van der Waals surface area contributed by atoms with Gasteiger partial charge in [-0.2, -0.15) is 0 Å². The second kappa shape index (κ2) is 5.03. The van der Waals surface area contributed by atoms with Gasteiger partial charge in [-0.15, -0.1) is 0 Å². The summed E-state index contributed by atoms with van der Waals surface area (Å²) in [6.07, 6.45) is 1.64. The molecule has 0 rings (SSSR count). The highest BCUT2D eigenvalue weighted by molar-refractivity contribution is 6.19. The molecule has 0 unspecified atom stereocenters. The van der Waals surface area contributed by atoms with Crippen molar-refractivity contribution in [1.82, 2.24) is 4.90 Å². The Labute approximate surface area is 61.4 Å². The fourth-order valence-electron chi connectivity index (χ4n) is 0.576. The van der Waals surface area contributed by atoms with Crippen molar-refractivity contribution in [1.29, 1.82) is 0 Å². The van der Waals surface area contributed by atoms with Gasteiger partial charge in [0, 0.05) is 0 Å². The number of aliphatic hydroxyl groups is 1. The van der Waals surface area contributed by atoms with Crippen LogP contribution in [0, 0.1) is 0 Å². The van der Waals surface area contributed by atoms with Gasteiger partial charge in [-0.1, -0.05) is 11.6 Å². The summed E-state index contributed by atoms with van der Waals surface area (Å²) in [5.41, 5.74) is -0.662. The summed E-state index contributed by atoms with van der Waals surface area (Å²) < 4.78 is 0. The topological polar surface area (TPSA) is 23.5 Å². The first-order valence-electron chi connectivity index (χ1n) is 3.10. The predicted octanol–water partition coefficient (Wildman–Crippen LogP) is 0.885. The molecule has 0 bridgehead atoms. The highest BCUT2D eigenvalue weighted by Crippen LogP contribution is 2.00. The van der Waals surface area contributed by atoms with Gasteiger partial charge >= 0.3 is 0 Å². The maximum Gasteiger partial charge on any atom is 0.128 e. The lowest BCUT2D eigenvalue weighted by Crippen LogP contribution is -2.14. The highest BCUT2D eigenvalue weighted by Gasteiger charge is 1.96. The Morgan fingerprint density at radius 1 is 1.56 bits per heavy atom. The molecular formula is C6H14ClNO. The number of hydrogen-bond donors (Lipinski definition) is 1. The summed E-state index contributed by atoms with van der Waals surface area (Å²) in [6.45, 7) is 0.990. The Bertz CT molecular complexity index is 58.1. The van der Waals surface area contributed by atoms with E-state index in [1.165, 1.54) is 0 Å². The molecule has 0 aliphatic heterocycles. The molecule has 0 aliphatic carbocycles. The van der Waals surface area contributed by atoms with Crippen LogP contribution in [0.5, 0.6) is 0 Å². The minimum Gasteiger partial charge on any atom is -0.378 e. The van der Waals surface area contributed by atoms with E-state index in [9.17, 15) is 0 Å². The highest BCUT2D eigenvalue weighted by atomic mass is 35.5. The van der Waals surface area contributed by atoms with Crippen molar-refractivity contribution >= 4 is 11.6 Å². The minimum absolute atomic E-state index is 0.662. The van der Waals surface area contributed by atoms with Crippen molar-refractivity contribution in [2.45, 2.75) is 18.4 Å². The molecule has 0 amide bonds. The standard InChI is InChI=1S/C6H14ClNO/c1-8(2)5-3-4-6(7)9/h6,9H,3-5H2,1-2H3/t6-/m0/s1. The first-order chi connectivity index (χ1) is 4.13. The van der Waals surface area contributed by atoms with Crippen LogP contribution in [-0.2, 0) is 0 Å². The number of rotatable bonds is 4. The zero-order valence-electron chi connectivity index (χ0n) is 5.97. The molecule has 56 valence electrons. The van der Waals surface area contributed by atoms with Gasteiger partial charge in [0.05, 0.1) is 0 Å². The number of nitrogens with zero attached hydrogens (tertiary/aromatic N) is 1. The molecule has 2 nitrogen and oxygen atoms in total. The van der Waals surface area contributed by atoms with E-state index < -0.39 is 5.56 Å². The van der Waals surface area contributed by atoms with Crippen molar-refractivity contribution in [3.8, 4) is 0 Å². The lowest BCUT2D eigenvalue weighted by molar-refractivity contribution is 0.234. The molecule has 0 heterocycles. The Morgan fingerprint density at radius 3 is 2.44 bits per heavy atom. The monoisotopic (exact) mass is 151 g/mol. The molecular weight excluding hydrogens is 138 g/mol. The normalized spacial score (nSPS) is 14.3. The molecule has 0 spiro atoms. The fraction of sp³-hybridized carbons (Fsp3) is 1.00. The Kier molecular flexibility index (Phi) is 5.15. The van der Waals surface area contributed by atoms with Gasteiger partial charge in [-0.05, 0) is 33.5 Å². The number of aliphatic hydroxyl groups excluding tert-OH is 1. The molecule has 1 N–H and O–H groups in total. The number of halogens is 1. The minimum atomic E-state index is -0.662. The third-order valence-electron chi connectivity index (χ3n) is 1.05. The summed E-state index contributed by atoms with van der Waals surface area (Å²) in [5, 5.41) is 8.61. The maximum absolute atomic E-state index is 8.61. The average molecular weight is 152 g/mol. The number of hydrogen-bond acceptors (Lipinski definition) is 2. The van der Waals surface area contributed by atoms with Crippen LogP contribution in [0.2, 0.25) is 0 Å². The van der Waals surface area contributed by atoms with Crippen molar-refractivity contribution in [3.63, 3.8) is 0 Å². The summed E-state index contributed by atoms with van der Waals surface area (Å²) in [5.74, 6) is 0. The lowest BCUT2D eigenvalue weighted by atomic mass is 10.3. The van der Waals surface area contributed by atoms with Gasteiger partial charge in [0.1, 0.15) is 5.56 Å². The second-order valence-corrected chi connectivity index (χ2v) is 2.88. The van der Waals surface area contributed by atoms with Gasteiger partial charge < -0.3 is 10.0 Å².